The smallest absolute Gasteiger partial charge is 0.252 e. The summed E-state index contributed by atoms with van der Waals surface area (Å²) < 4.78 is 5.59. The first-order valence-electron chi connectivity index (χ1n) is 4.81. The maximum absolute atomic E-state index is 11.7. The summed E-state index contributed by atoms with van der Waals surface area (Å²) in [6.45, 7) is 3.96. The molecule has 2 N–H and O–H groups in total. The van der Waals surface area contributed by atoms with Gasteiger partial charge in [-0.3, -0.25) is 4.79 Å². The standard InChI is InChI=1S/C9H14N2O2S/c1-5-3-9(4-6(2)13-5)7(12)10-8(14)11-9/h5-6H,3-4H2,1-2H3,(H2,10,11,12,14). The highest BCUT2D eigenvalue weighted by Gasteiger charge is 2.49. The van der Waals surface area contributed by atoms with E-state index < -0.39 is 5.54 Å². The molecule has 14 heavy (non-hydrogen) atoms. The van der Waals surface area contributed by atoms with Crippen molar-refractivity contribution in [1.29, 1.82) is 0 Å². The van der Waals surface area contributed by atoms with Crippen molar-refractivity contribution in [2.75, 3.05) is 0 Å². The lowest BCUT2D eigenvalue weighted by molar-refractivity contribution is -0.133. The monoisotopic (exact) mass is 214 g/mol. The number of rotatable bonds is 0. The minimum absolute atomic E-state index is 0.00972. The molecule has 0 bridgehead atoms. The lowest BCUT2D eigenvalue weighted by atomic mass is 9.84. The van der Waals surface area contributed by atoms with E-state index in [2.05, 4.69) is 10.6 Å². The molecule has 2 aliphatic heterocycles. The van der Waals surface area contributed by atoms with Gasteiger partial charge >= 0.3 is 0 Å². The van der Waals surface area contributed by atoms with Crippen LogP contribution in [0.4, 0.5) is 0 Å². The van der Waals surface area contributed by atoms with Gasteiger partial charge in [-0.1, -0.05) is 0 Å². The lowest BCUT2D eigenvalue weighted by Crippen LogP contribution is -2.54. The molecular formula is C9H14N2O2S. The highest BCUT2D eigenvalue weighted by atomic mass is 32.1. The van der Waals surface area contributed by atoms with Crippen LogP contribution in [0.15, 0.2) is 0 Å². The first-order valence-corrected chi connectivity index (χ1v) is 5.22. The summed E-state index contributed by atoms with van der Waals surface area (Å²) in [6, 6.07) is 0. The summed E-state index contributed by atoms with van der Waals surface area (Å²) in [6.07, 6.45) is 1.56. The highest BCUT2D eigenvalue weighted by Crippen LogP contribution is 2.31. The quantitative estimate of drug-likeness (QED) is 0.570. The predicted octanol–water partition coefficient (Wildman–Crippen LogP) is 0.317. The van der Waals surface area contributed by atoms with Crippen LogP contribution in [0.2, 0.25) is 0 Å². The van der Waals surface area contributed by atoms with Crippen LogP contribution < -0.4 is 10.6 Å². The van der Waals surface area contributed by atoms with Crippen molar-refractivity contribution in [3.05, 3.63) is 0 Å². The van der Waals surface area contributed by atoms with Crippen molar-refractivity contribution >= 4 is 23.2 Å². The average molecular weight is 214 g/mol. The number of carbonyl (C=O) groups excluding carboxylic acids is 1. The average Bonchev–Trinajstić information content (AvgIpc) is 2.23. The Balaban J connectivity index is 2.22. The van der Waals surface area contributed by atoms with Gasteiger partial charge in [0.2, 0.25) is 0 Å². The second-order valence-corrected chi connectivity index (χ2v) is 4.56. The molecule has 0 saturated carbocycles. The molecule has 0 aromatic carbocycles. The van der Waals surface area contributed by atoms with Gasteiger partial charge in [-0.2, -0.15) is 0 Å². The van der Waals surface area contributed by atoms with Gasteiger partial charge in [-0.05, 0) is 26.1 Å². The molecule has 0 radical (unpaired) electrons. The van der Waals surface area contributed by atoms with Crippen LogP contribution in [0.5, 0.6) is 0 Å². The zero-order chi connectivity index (χ0) is 10.3. The summed E-state index contributed by atoms with van der Waals surface area (Å²) in [5.74, 6) is -0.00972. The number of thiocarbonyl (C=S) groups is 1. The van der Waals surface area contributed by atoms with Crippen LogP contribution in [0.1, 0.15) is 26.7 Å². The van der Waals surface area contributed by atoms with Crippen molar-refractivity contribution in [2.45, 2.75) is 44.4 Å². The fourth-order valence-electron chi connectivity index (χ4n) is 2.37. The fourth-order valence-corrected chi connectivity index (χ4v) is 2.66. The van der Waals surface area contributed by atoms with Gasteiger partial charge in [-0.15, -0.1) is 0 Å². The number of carbonyl (C=O) groups is 1. The van der Waals surface area contributed by atoms with E-state index in [4.69, 9.17) is 17.0 Å². The fraction of sp³-hybridized carbons (Fsp3) is 0.778. The summed E-state index contributed by atoms with van der Waals surface area (Å²) in [7, 11) is 0. The molecule has 4 nitrogen and oxygen atoms in total. The summed E-state index contributed by atoms with van der Waals surface area (Å²) in [5.41, 5.74) is -0.520. The van der Waals surface area contributed by atoms with E-state index in [9.17, 15) is 4.79 Å². The molecule has 2 rings (SSSR count). The van der Waals surface area contributed by atoms with E-state index in [1.54, 1.807) is 0 Å². The summed E-state index contributed by atoms with van der Waals surface area (Å²) >= 11 is 4.94. The zero-order valence-electron chi connectivity index (χ0n) is 8.29. The largest absolute Gasteiger partial charge is 0.375 e. The van der Waals surface area contributed by atoms with E-state index in [0.29, 0.717) is 18.0 Å². The van der Waals surface area contributed by atoms with Gasteiger partial charge in [0.1, 0.15) is 5.54 Å². The Labute approximate surface area is 88.4 Å². The Bertz CT molecular complexity index is 283. The van der Waals surface area contributed by atoms with Crippen LogP contribution in [0, 0.1) is 0 Å². The van der Waals surface area contributed by atoms with Gasteiger partial charge in [0, 0.05) is 12.8 Å². The summed E-state index contributed by atoms with van der Waals surface area (Å²) in [5, 5.41) is 6.16. The minimum Gasteiger partial charge on any atom is -0.375 e. The lowest BCUT2D eigenvalue weighted by Gasteiger charge is -2.38. The molecule has 2 heterocycles. The highest BCUT2D eigenvalue weighted by molar-refractivity contribution is 7.80. The van der Waals surface area contributed by atoms with Crippen LogP contribution in [0.25, 0.3) is 0 Å². The molecule has 78 valence electrons. The van der Waals surface area contributed by atoms with Gasteiger partial charge in [0.25, 0.3) is 5.91 Å². The zero-order valence-corrected chi connectivity index (χ0v) is 9.11. The van der Waals surface area contributed by atoms with E-state index in [1.165, 1.54) is 0 Å². The Morgan fingerprint density at radius 3 is 2.43 bits per heavy atom. The van der Waals surface area contributed by atoms with Crippen molar-refractivity contribution in [3.63, 3.8) is 0 Å². The second-order valence-electron chi connectivity index (χ2n) is 4.16. The molecule has 0 aromatic heterocycles. The van der Waals surface area contributed by atoms with Crippen molar-refractivity contribution < 1.29 is 9.53 Å². The molecule has 2 saturated heterocycles. The third kappa shape index (κ3) is 1.50. The first kappa shape index (κ1) is 9.86. The topological polar surface area (TPSA) is 50.4 Å². The second kappa shape index (κ2) is 3.17. The molecule has 2 fully saturated rings. The Kier molecular flexibility index (Phi) is 2.23. The Morgan fingerprint density at radius 2 is 2.00 bits per heavy atom. The molecule has 1 amide bonds. The van der Waals surface area contributed by atoms with Gasteiger partial charge in [0.05, 0.1) is 12.2 Å². The van der Waals surface area contributed by atoms with E-state index in [-0.39, 0.29) is 18.1 Å². The number of amides is 1. The third-order valence-corrected chi connectivity index (χ3v) is 2.96. The van der Waals surface area contributed by atoms with Crippen molar-refractivity contribution in [2.24, 2.45) is 0 Å². The third-order valence-electron chi connectivity index (χ3n) is 2.75. The molecule has 2 aliphatic rings. The maximum Gasteiger partial charge on any atom is 0.252 e. The van der Waals surface area contributed by atoms with Crippen LogP contribution in [-0.4, -0.2) is 28.8 Å². The van der Waals surface area contributed by atoms with Crippen LogP contribution in [0.3, 0.4) is 0 Å². The molecule has 5 heteroatoms. The van der Waals surface area contributed by atoms with Gasteiger partial charge < -0.3 is 15.4 Å². The molecule has 2 atom stereocenters. The van der Waals surface area contributed by atoms with Gasteiger partial charge in [-0.25, -0.2) is 0 Å². The Hall–Kier alpha value is -0.680. The van der Waals surface area contributed by atoms with Crippen molar-refractivity contribution in [1.82, 2.24) is 10.6 Å². The van der Waals surface area contributed by atoms with E-state index in [1.807, 2.05) is 13.8 Å². The molecule has 2 unspecified atom stereocenters. The van der Waals surface area contributed by atoms with Crippen LogP contribution >= 0.6 is 12.2 Å². The predicted molar refractivity (Wildman–Crippen MR) is 55.9 cm³/mol. The molecule has 0 aromatic rings. The number of ether oxygens (including phenoxy) is 1. The normalized spacial score (nSPS) is 42.4. The SMILES string of the molecule is CC1CC2(CC(C)O1)NC(=S)NC2=O. The van der Waals surface area contributed by atoms with Crippen LogP contribution in [-0.2, 0) is 9.53 Å². The van der Waals surface area contributed by atoms with E-state index >= 15 is 0 Å². The number of hydrogen-bond acceptors (Lipinski definition) is 3. The Morgan fingerprint density at radius 1 is 1.43 bits per heavy atom. The first-order chi connectivity index (χ1) is 6.52. The maximum atomic E-state index is 11.7. The molecule has 0 aliphatic carbocycles. The van der Waals surface area contributed by atoms with E-state index in [0.717, 1.165) is 0 Å². The summed E-state index contributed by atoms with van der Waals surface area (Å²) in [4.78, 5) is 11.7. The molecule has 1 spiro atoms. The van der Waals surface area contributed by atoms with Gasteiger partial charge in [0.15, 0.2) is 5.11 Å². The number of nitrogens with one attached hydrogen (secondary N) is 2. The minimum atomic E-state index is -0.520. The number of hydrogen-bond donors (Lipinski definition) is 2. The van der Waals surface area contributed by atoms with Crippen molar-refractivity contribution in [3.8, 4) is 0 Å². The molecular weight excluding hydrogens is 200 g/mol.